The van der Waals surface area contributed by atoms with Crippen molar-refractivity contribution in [3.05, 3.63) is 94.5 Å². The van der Waals surface area contributed by atoms with Gasteiger partial charge in [-0.25, -0.2) is 8.42 Å². The van der Waals surface area contributed by atoms with Gasteiger partial charge in [0, 0.05) is 22.6 Å². The van der Waals surface area contributed by atoms with Crippen LogP contribution in [-0.2, 0) is 26.2 Å². The van der Waals surface area contributed by atoms with Gasteiger partial charge in [-0.05, 0) is 55.7 Å². The lowest BCUT2D eigenvalue weighted by atomic mass is 10.1. The first-order valence-electron chi connectivity index (χ1n) is 12.8. The van der Waals surface area contributed by atoms with E-state index >= 15 is 0 Å². The number of carbonyl (C=O) groups is 2. The average Bonchev–Trinajstić information content (AvgIpc) is 3.43. The maximum atomic E-state index is 13.9. The van der Waals surface area contributed by atoms with Crippen LogP contribution in [0, 0.1) is 0 Å². The van der Waals surface area contributed by atoms with Gasteiger partial charge in [0.25, 0.3) is 10.0 Å². The molecule has 10 heteroatoms. The zero-order chi connectivity index (χ0) is 28.0. The van der Waals surface area contributed by atoms with Gasteiger partial charge >= 0.3 is 0 Å². The second-order valence-electron chi connectivity index (χ2n) is 9.63. The SMILES string of the molecule is C[C@@H](C(=O)NC1CCCC1)N(Cc1ccccc1)C(=O)CN(c1cc(Cl)cc(Cl)c1)S(=O)(=O)c1ccccc1. The normalized spacial score (nSPS) is 14.5. The summed E-state index contributed by atoms with van der Waals surface area (Å²) >= 11 is 12.4. The fourth-order valence-corrected chi connectivity index (χ4v) is 6.62. The molecule has 0 radical (unpaired) electrons. The summed E-state index contributed by atoms with van der Waals surface area (Å²) in [4.78, 5) is 28.6. The second-order valence-corrected chi connectivity index (χ2v) is 12.4. The zero-order valence-corrected chi connectivity index (χ0v) is 23.9. The van der Waals surface area contributed by atoms with Crippen molar-refractivity contribution in [2.24, 2.45) is 0 Å². The van der Waals surface area contributed by atoms with Gasteiger partial charge in [-0.2, -0.15) is 0 Å². The molecule has 39 heavy (non-hydrogen) atoms. The van der Waals surface area contributed by atoms with Gasteiger partial charge in [-0.3, -0.25) is 13.9 Å². The molecule has 4 rings (SSSR count). The molecule has 0 spiro atoms. The van der Waals surface area contributed by atoms with Gasteiger partial charge in [0.1, 0.15) is 12.6 Å². The van der Waals surface area contributed by atoms with Gasteiger partial charge in [0.05, 0.1) is 10.6 Å². The van der Waals surface area contributed by atoms with Crippen molar-refractivity contribution in [2.75, 3.05) is 10.8 Å². The number of hydrogen-bond acceptors (Lipinski definition) is 4. The lowest BCUT2D eigenvalue weighted by molar-refractivity contribution is -0.139. The van der Waals surface area contributed by atoms with Gasteiger partial charge in [-0.1, -0.05) is 84.6 Å². The van der Waals surface area contributed by atoms with E-state index in [9.17, 15) is 18.0 Å². The van der Waals surface area contributed by atoms with E-state index in [4.69, 9.17) is 23.2 Å². The van der Waals surface area contributed by atoms with Crippen LogP contribution in [0.5, 0.6) is 0 Å². The number of halogens is 2. The Morgan fingerprint density at radius 3 is 2.08 bits per heavy atom. The van der Waals surface area contributed by atoms with Crippen molar-refractivity contribution in [3.63, 3.8) is 0 Å². The highest BCUT2D eigenvalue weighted by atomic mass is 35.5. The van der Waals surface area contributed by atoms with Crippen LogP contribution in [0.25, 0.3) is 0 Å². The minimum absolute atomic E-state index is 0.00975. The number of nitrogens with zero attached hydrogens (tertiary/aromatic N) is 2. The smallest absolute Gasteiger partial charge is 0.264 e. The molecule has 206 valence electrons. The first-order valence-corrected chi connectivity index (χ1v) is 15.0. The lowest BCUT2D eigenvalue weighted by Crippen LogP contribution is -2.52. The van der Waals surface area contributed by atoms with E-state index in [0.717, 1.165) is 35.6 Å². The third-order valence-electron chi connectivity index (χ3n) is 6.81. The maximum absolute atomic E-state index is 13.9. The Labute approximate surface area is 239 Å². The predicted octanol–water partition coefficient (Wildman–Crippen LogP) is 5.66. The Hall–Kier alpha value is -3.07. The zero-order valence-electron chi connectivity index (χ0n) is 21.6. The van der Waals surface area contributed by atoms with Gasteiger partial charge < -0.3 is 10.2 Å². The highest BCUT2D eigenvalue weighted by molar-refractivity contribution is 7.92. The quantitative estimate of drug-likeness (QED) is 0.331. The molecule has 0 saturated heterocycles. The number of benzene rings is 3. The molecule has 0 unspecified atom stereocenters. The molecule has 1 fully saturated rings. The molecular formula is C29H31Cl2N3O4S. The Balaban J connectivity index is 1.69. The molecular weight excluding hydrogens is 557 g/mol. The first-order chi connectivity index (χ1) is 18.6. The number of sulfonamides is 1. The molecule has 0 aliphatic heterocycles. The summed E-state index contributed by atoms with van der Waals surface area (Å²) in [7, 11) is -4.19. The van der Waals surface area contributed by atoms with Gasteiger partial charge in [-0.15, -0.1) is 0 Å². The third-order valence-corrected chi connectivity index (χ3v) is 9.03. The van der Waals surface area contributed by atoms with Crippen LogP contribution < -0.4 is 9.62 Å². The molecule has 0 heterocycles. The van der Waals surface area contributed by atoms with Crippen molar-refractivity contribution < 1.29 is 18.0 Å². The summed E-state index contributed by atoms with van der Waals surface area (Å²) in [6, 6.07) is 20.7. The average molecular weight is 589 g/mol. The van der Waals surface area contributed by atoms with E-state index in [1.807, 2.05) is 30.3 Å². The molecule has 3 aromatic carbocycles. The van der Waals surface area contributed by atoms with Crippen LogP contribution >= 0.6 is 23.2 Å². The van der Waals surface area contributed by atoms with Crippen molar-refractivity contribution in [1.29, 1.82) is 0 Å². The van der Waals surface area contributed by atoms with Crippen LogP contribution in [0.15, 0.2) is 83.8 Å². The molecule has 7 nitrogen and oxygen atoms in total. The number of anilines is 1. The largest absolute Gasteiger partial charge is 0.352 e. The maximum Gasteiger partial charge on any atom is 0.264 e. The predicted molar refractivity (Wildman–Crippen MR) is 154 cm³/mol. The van der Waals surface area contributed by atoms with E-state index in [2.05, 4.69) is 5.32 Å². The highest BCUT2D eigenvalue weighted by Crippen LogP contribution is 2.30. The number of nitrogens with one attached hydrogen (secondary N) is 1. The lowest BCUT2D eigenvalue weighted by Gasteiger charge is -2.32. The van der Waals surface area contributed by atoms with E-state index in [1.54, 1.807) is 25.1 Å². The summed E-state index contributed by atoms with van der Waals surface area (Å²) in [6.07, 6.45) is 3.93. The minimum atomic E-state index is -4.19. The number of rotatable bonds is 10. The molecule has 1 atom stereocenters. The molecule has 1 saturated carbocycles. The Morgan fingerprint density at radius 2 is 1.49 bits per heavy atom. The van der Waals surface area contributed by atoms with E-state index < -0.39 is 28.5 Å². The second kappa shape index (κ2) is 12.9. The molecule has 3 aromatic rings. The topological polar surface area (TPSA) is 86.8 Å². The van der Waals surface area contributed by atoms with Crippen molar-refractivity contribution in [2.45, 2.75) is 56.1 Å². The van der Waals surface area contributed by atoms with Crippen LogP contribution in [0.1, 0.15) is 38.2 Å². The number of carbonyl (C=O) groups excluding carboxylic acids is 2. The number of hydrogen-bond donors (Lipinski definition) is 1. The Bertz CT molecular complexity index is 1380. The van der Waals surface area contributed by atoms with Crippen molar-refractivity contribution in [3.8, 4) is 0 Å². The van der Waals surface area contributed by atoms with Crippen molar-refractivity contribution >= 4 is 50.7 Å². The summed E-state index contributed by atoms with van der Waals surface area (Å²) in [6.45, 7) is 1.24. The van der Waals surface area contributed by atoms with Crippen molar-refractivity contribution in [1.82, 2.24) is 10.2 Å². The van der Waals surface area contributed by atoms with E-state index in [-0.39, 0.29) is 39.1 Å². The molecule has 1 aliphatic carbocycles. The Kier molecular flexibility index (Phi) is 9.53. The highest BCUT2D eigenvalue weighted by Gasteiger charge is 2.33. The van der Waals surface area contributed by atoms with Crippen LogP contribution in [0.3, 0.4) is 0 Å². The van der Waals surface area contributed by atoms with Crippen LogP contribution in [-0.4, -0.2) is 43.8 Å². The standard InChI is InChI=1S/C29H31Cl2N3O4S/c1-21(29(36)32-25-12-8-9-13-25)33(19-22-10-4-2-5-11-22)28(35)20-34(26-17-23(30)16-24(31)18-26)39(37,38)27-14-6-3-7-15-27/h2-7,10-11,14-18,21,25H,8-9,12-13,19-20H2,1H3,(H,32,36)/t21-/m0/s1. The molecule has 1 N–H and O–H groups in total. The van der Waals surface area contributed by atoms with Crippen LogP contribution in [0.4, 0.5) is 5.69 Å². The molecule has 0 aromatic heterocycles. The fraction of sp³-hybridized carbons (Fsp3) is 0.310. The molecule has 1 aliphatic rings. The fourth-order valence-electron chi connectivity index (χ4n) is 4.69. The Morgan fingerprint density at radius 1 is 0.923 bits per heavy atom. The monoisotopic (exact) mass is 587 g/mol. The van der Waals surface area contributed by atoms with Gasteiger partial charge in [0.2, 0.25) is 11.8 Å². The minimum Gasteiger partial charge on any atom is -0.352 e. The summed E-state index contributed by atoms with van der Waals surface area (Å²) in [5, 5.41) is 3.51. The summed E-state index contributed by atoms with van der Waals surface area (Å²) in [5.41, 5.74) is 0.960. The van der Waals surface area contributed by atoms with E-state index in [0.29, 0.717) is 0 Å². The summed E-state index contributed by atoms with van der Waals surface area (Å²) in [5.74, 6) is -0.807. The van der Waals surface area contributed by atoms with Gasteiger partial charge in [0.15, 0.2) is 0 Å². The molecule has 2 amide bonds. The molecule has 0 bridgehead atoms. The van der Waals surface area contributed by atoms with Crippen LogP contribution in [0.2, 0.25) is 10.0 Å². The third kappa shape index (κ3) is 7.32. The number of amides is 2. The van der Waals surface area contributed by atoms with E-state index in [1.165, 1.54) is 35.2 Å². The first kappa shape index (κ1) is 28.9. The summed E-state index contributed by atoms with van der Waals surface area (Å²) < 4.78 is 28.6.